The molecule has 1 amide bonds. The van der Waals surface area contributed by atoms with Crippen LogP contribution in [-0.4, -0.2) is 36.5 Å². The van der Waals surface area contributed by atoms with Crippen LogP contribution >= 0.6 is 0 Å². The van der Waals surface area contributed by atoms with E-state index in [9.17, 15) is 4.79 Å². The molecule has 6 heteroatoms. The van der Waals surface area contributed by atoms with Crippen molar-refractivity contribution in [3.8, 4) is 0 Å². The van der Waals surface area contributed by atoms with Crippen LogP contribution in [0.2, 0.25) is 0 Å². The van der Waals surface area contributed by atoms with E-state index >= 15 is 0 Å². The first-order valence-corrected chi connectivity index (χ1v) is 10.4. The number of guanidine groups is 1. The van der Waals surface area contributed by atoms with Gasteiger partial charge in [-0.15, -0.1) is 0 Å². The fourth-order valence-corrected chi connectivity index (χ4v) is 4.27. The Bertz CT molecular complexity index is 995. The number of benzene rings is 2. The lowest BCUT2D eigenvalue weighted by molar-refractivity contribution is -0.139. The Morgan fingerprint density at radius 3 is 2.43 bits per heavy atom. The van der Waals surface area contributed by atoms with Gasteiger partial charge in [0.05, 0.1) is 25.2 Å². The Morgan fingerprint density at radius 1 is 1.13 bits per heavy atom. The van der Waals surface area contributed by atoms with E-state index in [2.05, 4.69) is 50.4 Å². The van der Waals surface area contributed by atoms with Crippen LogP contribution in [0.1, 0.15) is 37.0 Å². The quantitative estimate of drug-likeness (QED) is 0.790. The van der Waals surface area contributed by atoms with Gasteiger partial charge in [0, 0.05) is 23.3 Å². The van der Waals surface area contributed by atoms with Gasteiger partial charge in [0.25, 0.3) is 0 Å². The van der Waals surface area contributed by atoms with E-state index in [1.807, 2.05) is 25.1 Å². The number of aryl methyl sites for hydroxylation is 1. The van der Waals surface area contributed by atoms with Crippen LogP contribution in [0, 0.1) is 19.3 Å². The normalized spacial score (nSPS) is 23.0. The number of hydrogen-bond acceptors (Lipinski definition) is 5. The lowest BCUT2D eigenvalue weighted by Crippen LogP contribution is -2.57. The summed E-state index contributed by atoms with van der Waals surface area (Å²) in [5.41, 5.74) is 10.9. The Labute approximate surface area is 178 Å². The molecule has 4 rings (SSSR count). The van der Waals surface area contributed by atoms with E-state index in [0.29, 0.717) is 26.2 Å². The Balaban J connectivity index is 1.62. The van der Waals surface area contributed by atoms with Crippen LogP contribution in [-0.2, 0) is 15.1 Å². The number of nitrogens with one attached hydrogen (secondary N) is 1. The zero-order chi connectivity index (χ0) is 21.5. The summed E-state index contributed by atoms with van der Waals surface area (Å²) in [7, 11) is 0. The molecule has 0 aliphatic carbocycles. The number of nitrogens with zero attached hydrogens (tertiary/aromatic N) is 2. The molecule has 1 atom stereocenters. The topological polar surface area (TPSA) is 80.0 Å². The first-order valence-electron chi connectivity index (χ1n) is 10.4. The highest BCUT2D eigenvalue weighted by Crippen LogP contribution is 2.39. The number of aliphatic imine (C=N–C) groups is 1. The summed E-state index contributed by atoms with van der Waals surface area (Å²) in [5.74, 6) is 0.299. The minimum Gasteiger partial charge on any atom is -0.380 e. The van der Waals surface area contributed by atoms with Crippen LogP contribution < -0.4 is 11.1 Å². The van der Waals surface area contributed by atoms with E-state index in [4.69, 9.17) is 15.5 Å². The molecule has 0 radical (unpaired) electrons. The number of rotatable bonds is 5. The molecule has 0 unspecified atom stereocenters. The summed E-state index contributed by atoms with van der Waals surface area (Å²) in [6, 6.07) is 14.4. The van der Waals surface area contributed by atoms with Gasteiger partial charge in [-0.2, -0.15) is 0 Å². The predicted molar refractivity (Wildman–Crippen MR) is 120 cm³/mol. The molecule has 2 aliphatic rings. The lowest BCUT2D eigenvalue weighted by Gasteiger charge is -2.44. The second-order valence-electron chi connectivity index (χ2n) is 9.17. The van der Waals surface area contributed by atoms with Gasteiger partial charge in [0.2, 0.25) is 5.91 Å². The molecule has 1 saturated heterocycles. The third-order valence-corrected chi connectivity index (χ3v) is 6.12. The SMILES string of the molecule is Cc1ccc(Nc2cccc([C@]3(C)CC(=O)N(CC4(C)COC4)C(N)=N3)c2C)cc1. The Kier molecular flexibility index (Phi) is 5.06. The highest BCUT2D eigenvalue weighted by Gasteiger charge is 2.43. The third-order valence-electron chi connectivity index (χ3n) is 6.12. The van der Waals surface area contributed by atoms with Gasteiger partial charge in [-0.05, 0) is 50.1 Å². The van der Waals surface area contributed by atoms with Crippen LogP contribution in [0.15, 0.2) is 47.5 Å². The third kappa shape index (κ3) is 3.79. The molecular formula is C24H30N4O2. The van der Waals surface area contributed by atoms with E-state index in [0.717, 1.165) is 22.5 Å². The summed E-state index contributed by atoms with van der Waals surface area (Å²) < 4.78 is 5.32. The van der Waals surface area contributed by atoms with E-state index in [-0.39, 0.29) is 17.3 Å². The minimum absolute atomic E-state index is 0.00872. The van der Waals surface area contributed by atoms with Gasteiger partial charge in [0.15, 0.2) is 5.96 Å². The van der Waals surface area contributed by atoms with Gasteiger partial charge in [0.1, 0.15) is 0 Å². The molecule has 2 aliphatic heterocycles. The summed E-state index contributed by atoms with van der Waals surface area (Å²) in [4.78, 5) is 19.5. The second-order valence-corrected chi connectivity index (χ2v) is 9.17. The number of anilines is 2. The van der Waals surface area contributed by atoms with Crippen LogP contribution in [0.3, 0.4) is 0 Å². The Hall–Kier alpha value is -2.86. The van der Waals surface area contributed by atoms with Gasteiger partial charge in [-0.25, -0.2) is 4.99 Å². The van der Waals surface area contributed by atoms with Gasteiger partial charge in [-0.1, -0.05) is 36.8 Å². The van der Waals surface area contributed by atoms with Crippen LogP contribution in [0.25, 0.3) is 0 Å². The molecule has 2 heterocycles. The van der Waals surface area contributed by atoms with Crippen molar-refractivity contribution in [2.75, 3.05) is 25.1 Å². The van der Waals surface area contributed by atoms with Crippen molar-refractivity contribution >= 4 is 23.2 Å². The molecule has 0 aromatic heterocycles. The summed E-state index contributed by atoms with van der Waals surface area (Å²) >= 11 is 0. The molecule has 3 N–H and O–H groups in total. The monoisotopic (exact) mass is 406 g/mol. The molecule has 2 aromatic rings. The van der Waals surface area contributed by atoms with Crippen molar-refractivity contribution < 1.29 is 9.53 Å². The van der Waals surface area contributed by atoms with Crippen molar-refractivity contribution in [2.45, 2.75) is 39.7 Å². The molecule has 0 spiro atoms. The number of carbonyl (C=O) groups is 1. The zero-order valence-corrected chi connectivity index (χ0v) is 18.2. The molecule has 6 nitrogen and oxygen atoms in total. The number of ether oxygens (including phenoxy) is 1. The molecule has 158 valence electrons. The Morgan fingerprint density at radius 2 is 1.83 bits per heavy atom. The number of hydrogen-bond donors (Lipinski definition) is 2. The molecule has 30 heavy (non-hydrogen) atoms. The van der Waals surface area contributed by atoms with E-state index < -0.39 is 5.54 Å². The van der Waals surface area contributed by atoms with Crippen molar-refractivity contribution in [2.24, 2.45) is 16.1 Å². The number of carbonyl (C=O) groups excluding carboxylic acids is 1. The first-order chi connectivity index (χ1) is 14.2. The highest BCUT2D eigenvalue weighted by molar-refractivity contribution is 5.99. The smallest absolute Gasteiger partial charge is 0.232 e. The molecular weight excluding hydrogens is 376 g/mol. The van der Waals surface area contributed by atoms with E-state index in [1.54, 1.807) is 4.90 Å². The lowest BCUT2D eigenvalue weighted by atomic mass is 9.83. The van der Waals surface area contributed by atoms with Crippen molar-refractivity contribution in [1.29, 1.82) is 0 Å². The summed E-state index contributed by atoms with van der Waals surface area (Å²) in [6.07, 6.45) is 0.291. The van der Waals surface area contributed by atoms with Crippen LogP contribution in [0.5, 0.6) is 0 Å². The maximum absolute atomic E-state index is 13.0. The number of nitrogens with two attached hydrogens (primary N) is 1. The average Bonchev–Trinajstić information content (AvgIpc) is 2.66. The highest BCUT2D eigenvalue weighted by atomic mass is 16.5. The predicted octanol–water partition coefficient (Wildman–Crippen LogP) is 3.85. The molecule has 1 fully saturated rings. The van der Waals surface area contributed by atoms with E-state index in [1.165, 1.54) is 5.56 Å². The van der Waals surface area contributed by atoms with Gasteiger partial charge in [-0.3, -0.25) is 9.69 Å². The molecule has 2 aromatic carbocycles. The van der Waals surface area contributed by atoms with Crippen molar-refractivity contribution in [3.05, 3.63) is 59.2 Å². The summed E-state index contributed by atoms with van der Waals surface area (Å²) in [6.45, 7) is 10.1. The van der Waals surface area contributed by atoms with Crippen molar-refractivity contribution in [3.63, 3.8) is 0 Å². The minimum atomic E-state index is -0.691. The standard InChI is InChI=1S/C24H30N4O2/c1-16-8-10-18(11-9-16)26-20-7-5-6-19(17(20)2)24(4)12-21(29)28(22(25)27-24)13-23(3)14-30-15-23/h5-11,26H,12-15H2,1-4H3,(H2,25,27)/t24-/m0/s1. The first kappa shape index (κ1) is 20.4. The largest absolute Gasteiger partial charge is 0.380 e. The second kappa shape index (κ2) is 7.43. The van der Waals surface area contributed by atoms with Gasteiger partial charge >= 0.3 is 0 Å². The van der Waals surface area contributed by atoms with Crippen LogP contribution in [0.4, 0.5) is 11.4 Å². The average molecular weight is 407 g/mol. The maximum Gasteiger partial charge on any atom is 0.232 e. The number of amides is 1. The summed E-state index contributed by atoms with van der Waals surface area (Å²) in [5, 5.41) is 3.48. The van der Waals surface area contributed by atoms with Gasteiger partial charge < -0.3 is 15.8 Å². The molecule has 0 saturated carbocycles. The maximum atomic E-state index is 13.0. The van der Waals surface area contributed by atoms with Crippen molar-refractivity contribution in [1.82, 2.24) is 4.90 Å². The zero-order valence-electron chi connectivity index (χ0n) is 18.2. The fourth-order valence-electron chi connectivity index (χ4n) is 4.27. The fraction of sp³-hybridized carbons (Fsp3) is 0.417. The molecule has 0 bridgehead atoms.